The molecule has 0 aliphatic heterocycles. The SMILES string of the molecule is Cc1ccc(CNCc2ccnc3ccccc23)o1. The van der Waals surface area contributed by atoms with Gasteiger partial charge in [-0.2, -0.15) is 0 Å². The molecule has 0 amide bonds. The van der Waals surface area contributed by atoms with Gasteiger partial charge in [0.25, 0.3) is 0 Å². The molecule has 3 heteroatoms. The maximum absolute atomic E-state index is 5.53. The highest BCUT2D eigenvalue weighted by Crippen LogP contribution is 2.16. The van der Waals surface area contributed by atoms with Crippen molar-refractivity contribution >= 4 is 10.9 Å². The van der Waals surface area contributed by atoms with Crippen LogP contribution in [-0.2, 0) is 13.1 Å². The van der Waals surface area contributed by atoms with Gasteiger partial charge in [0.1, 0.15) is 11.5 Å². The van der Waals surface area contributed by atoms with Crippen molar-refractivity contribution in [1.82, 2.24) is 10.3 Å². The standard InChI is InChI=1S/C16H16N2O/c1-12-6-7-14(19-12)11-17-10-13-8-9-18-16-5-3-2-4-15(13)16/h2-9,17H,10-11H2,1H3. The average Bonchev–Trinajstić information content (AvgIpc) is 2.85. The number of pyridine rings is 1. The second-order valence-electron chi connectivity index (χ2n) is 4.60. The van der Waals surface area contributed by atoms with Crippen molar-refractivity contribution in [1.29, 1.82) is 0 Å². The number of aryl methyl sites for hydroxylation is 1. The van der Waals surface area contributed by atoms with E-state index in [0.717, 1.165) is 30.1 Å². The number of hydrogen-bond donors (Lipinski definition) is 1. The molecule has 0 spiro atoms. The number of para-hydroxylation sites is 1. The largest absolute Gasteiger partial charge is 0.465 e. The lowest BCUT2D eigenvalue weighted by Gasteiger charge is -2.06. The molecule has 0 bridgehead atoms. The Bertz CT molecular complexity index is 683. The fraction of sp³-hybridized carbons (Fsp3) is 0.188. The molecule has 19 heavy (non-hydrogen) atoms. The Kier molecular flexibility index (Phi) is 3.29. The van der Waals surface area contributed by atoms with E-state index in [4.69, 9.17) is 4.42 Å². The summed E-state index contributed by atoms with van der Waals surface area (Å²) in [4.78, 5) is 4.37. The van der Waals surface area contributed by atoms with E-state index in [1.54, 1.807) is 0 Å². The summed E-state index contributed by atoms with van der Waals surface area (Å²) < 4.78 is 5.53. The number of rotatable bonds is 4. The van der Waals surface area contributed by atoms with E-state index in [1.165, 1.54) is 10.9 Å². The van der Waals surface area contributed by atoms with Gasteiger partial charge in [-0.3, -0.25) is 4.98 Å². The lowest BCUT2D eigenvalue weighted by atomic mass is 10.1. The summed E-state index contributed by atoms with van der Waals surface area (Å²) in [6, 6.07) is 14.3. The molecular weight excluding hydrogens is 236 g/mol. The van der Waals surface area contributed by atoms with Crippen molar-refractivity contribution in [3.05, 3.63) is 65.7 Å². The van der Waals surface area contributed by atoms with E-state index in [2.05, 4.69) is 22.4 Å². The predicted octanol–water partition coefficient (Wildman–Crippen LogP) is 3.43. The van der Waals surface area contributed by atoms with Crippen LogP contribution in [0.15, 0.2) is 53.1 Å². The predicted molar refractivity (Wildman–Crippen MR) is 75.7 cm³/mol. The number of nitrogens with zero attached hydrogens (tertiary/aromatic N) is 1. The van der Waals surface area contributed by atoms with Gasteiger partial charge in [0.2, 0.25) is 0 Å². The minimum absolute atomic E-state index is 0.741. The molecule has 0 unspecified atom stereocenters. The first-order chi connectivity index (χ1) is 9.33. The van der Waals surface area contributed by atoms with Crippen LogP contribution in [0.25, 0.3) is 10.9 Å². The van der Waals surface area contributed by atoms with Gasteiger partial charge in [0.15, 0.2) is 0 Å². The molecule has 0 saturated carbocycles. The van der Waals surface area contributed by atoms with E-state index in [-0.39, 0.29) is 0 Å². The highest BCUT2D eigenvalue weighted by Gasteiger charge is 2.02. The first-order valence-corrected chi connectivity index (χ1v) is 6.41. The molecule has 96 valence electrons. The van der Waals surface area contributed by atoms with E-state index in [0.29, 0.717) is 0 Å². The van der Waals surface area contributed by atoms with Gasteiger partial charge in [-0.15, -0.1) is 0 Å². The third kappa shape index (κ3) is 2.66. The Balaban J connectivity index is 1.71. The molecule has 0 aliphatic carbocycles. The summed E-state index contributed by atoms with van der Waals surface area (Å²) in [5.74, 6) is 1.92. The number of hydrogen-bond acceptors (Lipinski definition) is 3. The average molecular weight is 252 g/mol. The fourth-order valence-corrected chi connectivity index (χ4v) is 2.21. The summed E-state index contributed by atoms with van der Waals surface area (Å²) >= 11 is 0. The van der Waals surface area contributed by atoms with Crippen LogP contribution < -0.4 is 5.32 Å². The van der Waals surface area contributed by atoms with Gasteiger partial charge in [-0.05, 0) is 36.8 Å². The molecule has 1 N–H and O–H groups in total. The second kappa shape index (κ2) is 5.24. The van der Waals surface area contributed by atoms with Crippen molar-refractivity contribution in [2.45, 2.75) is 20.0 Å². The zero-order valence-corrected chi connectivity index (χ0v) is 10.9. The van der Waals surface area contributed by atoms with E-state index >= 15 is 0 Å². The van der Waals surface area contributed by atoms with Crippen LogP contribution in [0.3, 0.4) is 0 Å². The number of aromatic nitrogens is 1. The van der Waals surface area contributed by atoms with Crippen molar-refractivity contribution in [2.75, 3.05) is 0 Å². The second-order valence-corrected chi connectivity index (χ2v) is 4.60. The van der Waals surface area contributed by atoms with Crippen molar-refractivity contribution in [3.8, 4) is 0 Å². The third-order valence-corrected chi connectivity index (χ3v) is 3.15. The summed E-state index contributed by atoms with van der Waals surface area (Å²) in [7, 11) is 0. The molecule has 2 heterocycles. The quantitative estimate of drug-likeness (QED) is 0.773. The molecular formula is C16H16N2O. The van der Waals surface area contributed by atoms with Gasteiger partial charge in [-0.1, -0.05) is 18.2 Å². The molecule has 0 atom stereocenters. The summed E-state index contributed by atoms with van der Waals surface area (Å²) in [5.41, 5.74) is 2.30. The van der Waals surface area contributed by atoms with Crippen LogP contribution in [0, 0.1) is 6.92 Å². The molecule has 2 aromatic heterocycles. The maximum atomic E-state index is 5.53. The van der Waals surface area contributed by atoms with Crippen LogP contribution in [0.5, 0.6) is 0 Å². The highest BCUT2D eigenvalue weighted by atomic mass is 16.3. The van der Waals surface area contributed by atoms with Gasteiger partial charge in [0.05, 0.1) is 12.1 Å². The highest BCUT2D eigenvalue weighted by molar-refractivity contribution is 5.81. The maximum Gasteiger partial charge on any atom is 0.117 e. The van der Waals surface area contributed by atoms with Gasteiger partial charge < -0.3 is 9.73 Å². The first kappa shape index (κ1) is 11.9. The molecule has 3 aromatic rings. The zero-order chi connectivity index (χ0) is 13.1. The molecule has 0 radical (unpaired) electrons. The van der Waals surface area contributed by atoms with Crippen LogP contribution in [-0.4, -0.2) is 4.98 Å². The van der Waals surface area contributed by atoms with Crippen LogP contribution >= 0.6 is 0 Å². The number of nitrogens with one attached hydrogen (secondary N) is 1. The van der Waals surface area contributed by atoms with Crippen molar-refractivity contribution < 1.29 is 4.42 Å². The zero-order valence-electron chi connectivity index (χ0n) is 10.9. The van der Waals surface area contributed by atoms with Crippen molar-refractivity contribution in [3.63, 3.8) is 0 Å². The minimum Gasteiger partial charge on any atom is -0.465 e. The normalized spacial score (nSPS) is 11.0. The Hall–Kier alpha value is -2.13. The summed E-state index contributed by atoms with van der Waals surface area (Å²) in [5, 5.41) is 4.60. The Morgan fingerprint density at radius 1 is 1.05 bits per heavy atom. The molecule has 3 nitrogen and oxygen atoms in total. The van der Waals surface area contributed by atoms with Gasteiger partial charge >= 0.3 is 0 Å². The van der Waals surface area contributed by atoms with Crippen molar-refractivity contribution in [2.24, 2.45) is 0 Å². The minimum atomic E-state index is 0.741. The smallest absolute Gasteiger partial charge is 0.117 e. The third-order valence-electron chi connectivity index (χ3n) is 3.15. The van der Waals surface area contributed by atoms with Crippen LogP contribution in [0.4, 0.5) is 0 Å². The lowest BCUT2D eigenvalue weighted by molar-refractivity contribution is 0.462. The topological polar surface area (TPSA) is 38.1 Å². The molecule has 0 saturated heterocycles. The molecule has 3 rings (SSSR count). The van der Waals surface area contributed by atoms with E-state index in [9.17, 15) is 0 Å². The fourth-order valence-electron chi connectivity index (χ4n) is 2.21. The van der Waals surface area contributed by atoms with Gasteiger partial charge in [-0.25, -0.2) is 0 Å². The molecule has 1 aromatic carbocycles. The molecule has 0 aliphatic rings. The number of fused-ring (bicyclic) bond motifs is 1. The summed E-state index contributed by atoms with van der Waals surface area (Å²) in [6.45, 7) is 3.51. The lowest BCUT2D eigenvalue weighted by Crippen LogP contribution is -2.12. The monoisotopic (exact) mass is 252 g/mol. The van der Waals surface area contributed by atoms with E-state index < -0.39 is 0 Å². The number of furan rings is 1. The number of benzene rings is 1. The Labute approximate surface area is 112 Å². The molecule has 0 fully saturated rings. The van der Waals surface area contributed by atoms with Gasteiger partial charge in [0, 0.05) is 18.1 Å². The van der Waals surface area contributed by atoms with Crippen LogP contribution in [0.2, 0.25) is 0 Å². The van der Waals surface area contributed by atoms with Crippen LogP contribution in [0.1, 0.15) is 17.1 Å². The summed E-state index contributed by atoms with van der Waals surface area (Å²) in [6.07, 6.45) is 1.86. The van der Waals surface area contributed by atoms with E-state index in [1.807, 2.05) is 43.5 Å². The first-order valence-electron chi connectivity index (χ1n) is 6.41. The Morgan fingerprint density at radius 3 is 2.79 bits per heavy atom. The Morgan fingerprint density at radius 2 is 1.95 bits per heavy atom.